The van der Waals surface area contributed by atoms with Crippen molar-refractivity contribution in [2.75, 3.05) is 24.2 Å². The van der Waals surface area contributed by atoms with Gasteiger partial charge in [-0.25, -0.2) is 9.97 Å². The van der Waals surface area contributed by atoms with Crippen molar-refractivity contribution in [2.45, 2.75) is 23.8 Å². The molecule has 0 spiro atoms. The highest BCUT2D eigenvalue weighted by Gasteiger charge is 2.28. The van der Waals surface area contributed by atoms with E-state index < -0.39 is 0 Å². The summed E-state index contributed by atoms with van der Waals surface area (Å²) in [6, 6.07) is 15.2. The van der Waals surface area contributed by atoms with E-state index in [1.807, 2.05) is 41.3 Å². The average molecular weight is 531 g/mol. The fraction of sp³-hybridized carbons (Fsp3) is 0.222. The second-order valence-electron chi connectivity index (χ2n) is 8.58. The van der Waals surface area contributed by atoms with Crippen molar-refractivity contribution in [1.82, 2.24) is 25.1 Å². The number of piperidine rings is 1. The number of aromatic amines is 1. The number of carbonyl (C=O) groups is 2. The minimum Gasteiger partial charge on any atom is -0.339 e. The van der Waals surface area contributed by atoms with Crippen LogP contribution >= 0.6 is 23.1 Å². The minimum absolute atomic E-state index is 0.00573. The van der Waals surface area contributed by atoms with Gasteiger partial charge < -0.3 is 10.2 Å². The third kappa shape index (κ3) is 5.81. The fourth-order valence-corrected chi connectivity index (χ4v) is 5.91. The molecule has 2 amide bonds. The number of aromatic nitrogens is 4. The van der Waals surface area contributed by atoms with E-state index >= 15 is 0 Å². The van der Waals surface area contributed by atoms with Gasteiger partial charge >= 0.3 is 0 Å². The van der Waals surface area contributed by atoms with Crippen LogP contribution in [0, 0.1) is 0 Å². The zero-order valence-electron chi connectivity index (χ0n) is 20.1. The highest BCUT2D eigenvalue weighted by Crippen LogP contribution is 2.32. The molecule has 5 rings (SSSR count). The van der Waals surface area contributed by atoms with Gasteiger partial charge in [-0.2, -0.15) is 5.10 Å². The maximum Gasteiger partial charge on any atom is 0.276 e. The summed E-state index contributed by atoms with van der Waals surface area (Å²) in [7, 11) is 0. The first-order chi connectivity index (χ1) is 18.1. The Bertz CT molecular complexity index is 1390. The molecule has 3 aromatic heterocycles. The van der Waals surface area contributed by atoms with Gasteiger partial charge in [-0.1, -0.05) is 36.4 Å². The molecular weight excluding hydrogens is 504 g/mol. The Balaban J connectivity index is 1.18. The summed E-state index contributed by atoms with van der Waals surface area (Å²) in [6.07, 6.45) is 5.11. The summed E-state index contributed by atoms with van der Waals surface area (Å²) < 4.78 is 0. The van der Waals surface area contributed by atoms with Crippen LogP contribution < -0.4 is 5.32 Å². The van der Waals surface area contributed by atoms with Crippen molar-refractivity contribution in [3.05, 3.63) is 89.0 Å². The van der Waals surface area contributed by atoms with Crippen molar-refractivity contribution < 1.29 is 9.59 Å². The van der Waals surface area contributed by atoms with E-state index in [2.05, 4.69) is 32.1 Å². The van der Waals surface area contributed by atoms with Crippen molar-refractivity contribution in [2.24, 2.45) is 0 Å². The fourth-order valence-electron chi connectivity index (χ4n) is 4.22. The van der Waals surface area contributed by atoms with Gasteiger partial charge in [0.15, 0.2) is 5.82 Å². The molecule has 0 aliphatic carbocycles. The lowest BCUT2D eigenvalue weighted by Crippen LogP contribution is -2.38. The summed E-state index contributed by atoms with van der Waals surface area (Å²) >= 11 is 3.00. The van der Waals surface area contributed by atoms with Crippen molar-refractivity contribution in [1.29, 1.82) is 0 Å². The number of anilines is 1. The summed E-state index contributed by atoms with van der Waals surface area (Å²) in [5, 5.41) is 13.4. The van der Waals surface area contributed by atoms with E-state index in [9.17, 15) is 9.59 Å². The molecule has 8 nitrogen and oxygen atoms in total. The first-order valence-electron chi connectivity index (χ1n) is 12.0. The van der Waals surface area contributed by atoms with Crippen LogP contribution in [0.1, 0.15) is 44.6 Å². The van der Waals surface area contributed by atoms with E-state index in [1.165, 1.54) is 23.1 Å². The molecule has 0 unspecified atom stereocenters. The lowest BCUT2D eigenvalue weighted by Gasteiger charge is -2.31. The number of likely N-dealkylation sites (tertiary alicyclic amines) is 1. The summed E-state index contributed by atoms with van der Waals surface area (Å²) in [4.78, 5) is 36.8. The number of thioether (sulfide) groups is 1. The van der Waals surface area contributed by atoms with Crippen LogP contribution in [0.4, 0.5) is 5.82 Å². The maximum atomic E-state index is 13.2. The first kappa shape index (κ1) is 24.9. The Kier molecular flexibility index (Phi) is 7.76. The van der Waals surface area contributed by atoms with Crippen molar-refractivity contribution in [3.63, 3.8) is 0 Å². The van der Waals surface area contributed by atoms with E-state index in [1.54, 1.807) is 29.8 Å². The van der Waals surface area contributed by atoms with Gasteiger partial charge in [0, 0.05) is 42.4 Å². The lowest BCUT2D eigenvalue weighted by atomic mass is 9.97. The van der Waals surface area contributed by atoms with Crippen molar-refractivity contribution in [3.8, 4) is 11.3 Å². The van der Waals surface area contributed by atoms with Gasteiger partial charge in [0.2, 0.25) is 0 Å². The molecule has 0 saturated carbocycles. The van der Waals surface area contributed by atoms with Crippen LogP contribution in [0.25, 0.3) is 11.3 Å². The minimum atomic E-state index is -0.289. The van der Waals surface area contributed by atoms with Crippen LogP contribution in [0.5, 0.6) is 0 Å². The largest absolute Gasteiger partial charge is 0.339 e. The van der Waals surface area contributed by atoms with Crippen LogP contribution in [0.3, 0.4) is 0 Å². The second kappa shape index (κ2) is 11.5. The van der Waals surface area contributed by atoms with E-state index in [4.69, 9.17) is 0 Å². The lowest BCUT2D eigenvalue weighted by molar-refractivity contribution is 0.0708. The summed E-state index contributed by atoms with van der Waals surface area (Å²) in [6.45, 7) is 5.02. The number of hydrogen-bond acceptors (Lipinski definition) is 7. The maximum absolute atomic E-state index is 13.2. The zero-order valence-corrected chi connectivity index (χ0v) is 21.7. The summed E-state index contributed by atoms with van der Waals surface area (Å²) in [5.41, 5.74) is 2.83. The number of carbonyl (C=O) groups excluding carboxylic acids is 2. The Morgan fingerprint density at radius 2 is 2.00 bits per heavy atom. The average Bonchev–Trinajstić information content (AvgIpc) is 3.63. The molecule has 2 N–H and O–H groups in total. The quantitative estimate of drug-likeness (QED) is 0.231. The van der Waals surface area contributed by atoms with Crippen LogP contribution in [-0.4, -0.2) is 55.7 Å². The third-order valence-electron chi connectivity index (χ3n) is 6.13. The van der Waals surface area contributed by atoms with Gasteiger partial charge in [-0.3, -0.25) is 14.7 Å². The second-order valence-corrected chi connectivity index (χ2v) is 10.5. The number of thiazole rings is 1. The molecule has 1 saturated heterocycles. The number of pyridine rings is 1. The number of rotatable bonds is 8. The normalized spacial score (nSPS) is 13.9. The van der Waals surface area contributed by atoms with Crippen LogP contribution in [-0.2, 0) is 0 Å². The predicted molar refractivity (Wildman–Crippen MR) is 147 cm³/mol. The molecule has 10 heteroatoms. The molecule has 4 heterocycles. The number of nitrogens with zero attached hydrogens (tertiary/aromatic N) is 4. The SMILES string of the molecule is C=CCSc1ncccc1C(=O)N1CCC(c2nc(C(=O)Nc3cc(-c4ccccc4)[nH]n3)cs2)CC1. The van der Waals surface area contributed by atoms with Crippen LogP contribution in [0.15, 0.2) is 77.8 Å². The van der Waals surface area contributed by atoms with Crippen LogP contribution in [0.2, 0.25) is 0 Å². The zero-order chi connectivity index (χ0) is 25.6. The van der Waals surface area contributed by atoms with Gasteiger partial charge in [0.1, 0.15) is 10.7 Å². The highest BCUT2D eigenvalue weighted by molar-refractivity contribution is 7.99. The van der Waals surface area contributed by atoms with Crippen molar-refractivity contribution >= 4 is 40.7 Å². The molecule has 188 valence electrons. The molecule has 4 aromatic rings. The third-order valence-corrected chi connectivity index (χ3v) is 8.14. The summed E-state index contributed by atoms with van der Waals surface area (Å²) in [5.74, 6) is 1.09. The number of amides is 2. The standard InChI is InChI=1S/C27H26N6O2S2/c1-2-15-36-26-20(9-6-12-28-26)27(35)33-13-10-19(11-14-33)25-29-22(17-37-25)24(34)30-23-16-21(31-32-23)18-7-4-3-5-8-18/h2-9,12,16-17,19H,1,10-11,13-15H2,(H2,30,31,32,34). The smallest absolute Gasteiger partial charge is 0.276 e. The number of H-pyrrole nitrogens is 1. The van der Waals surface area contributed by atoms with Gasteiger partial charge in [0.05, 0.1) is 16.3 Å². The highest BCUT2D eigenvalue weighted by atomic mass is 32.2. The molecular formula is C27H26N6O2S2. The molecule has 0 bridgehead atoms. The van der Waals surface area contributed by atoms with Gasteiger partial charge in [-0.15, -0.1) is 29.7 Å². The molecule has 1 aliphatic heterocycles. The van der Waals surface area contributed by atoms with Gasteiger partial charge in [0.25, 0.3) is 11.8 Å². The number of nitrogens with one attached hydrogen (secondary N) is 2. The molecule has 0 atom stereocenters. The van der Waals surface area contributed by atoms with E-state index in [0.29, 0.717) is 35.9 Å². The van der Waals surface area contributed by atoms with Gasteiger partial charge in [-0.05, 0) is 30.5 Å². The molecule has 37 heavy (non-hydrogen) atoms. The molecule has 1 fully saturated rings. The Hall–Kier alpha value is -3.76. The van der Waals surface area contributed by atoms with E-state index in [0.717, 1.165) is 34.1 Å². The predicted octanol–water partition coefficient (Wildman–Crippen LogP) is 5.48. The van der Waals surface area contributed by atoms with E-state index in [-0.39, 0.29) is 17.7 Å². The Labute approximate surface area is 223 Å². The molecule has 1 aliphatic rings. The number of hydrogen-bond donors (Lipinski definition) is 2. The Morgan fingerprint density at radius 3 is 2.78 bits per heavy atom. The first-order valence-corrected chi connectivity index (χ1v) is 13.8. The molecule has 0 radical (unpaired) electrons. The monoisotopic (exact) mass is 530 g/mol. The number of benzene rings is 1. The topological polar surface area (TPSA) is 104 Å². The molecule has 1 aromatic carbocycles. The Morgan fingerprint density at radius 1 is 1.19 bits per heavy atom.